The lowest BCUT2D eigenvalue weighted by atomic mass is 9.88. The van der Waals surface area contributed by atoms with Crippen LogP contribution in [0.2, 0.25) is 0 Å². The molecule has 1 aliphatic rings. The van der Waals surface area contributed by atoms with Crippen LogP contribution in [0.25, 0.3) is 0 Å². The number of carbonyl (C=O) groups is 1. The van der Waals surface area contributed by atoms with Crippen molar-refractivity contribution in [1.29, 1.82) is 0 Å². The van der Waals surface area contributed by atoms with Gasteiger partial charge < -0.3 is 10.1 Å². The monoisotopic (exact) mass is 419 g/mol. The van der Waals surface area contributed by atoms with Gasteiger partial charge in [0, 0.05) is 29.0 Å². The zero-order valence-corrected chi connectivity index (χ0v) is 18.0. The maximum Gasteiger partial charge on any atom is 0.259 e. The number of aliphatic imine (C=N–C) groups is 1. The van der Waals surface area contributed by atoms with Crippen molar-refractivity contribution in [1.82, 2.24) is 4.98 Å². The van der Waals surface area contributed by atoms with Crippen molar-refractivity contribution in [2.75, 3.05) is 11.9 Å². The smallest absolute Gasteiger partial charge is 0.259 e. The second-order valence-electron chi connectivity index (χ2n) is 7.46. The Bertz CT molecular complexity index is 1060. The van der Waals surface area contributed by atoms with E-state index in [0.29, 0.717) is 29.5 Å². The van der Waals surface area contributed by atoms with Crippen molar-refractivity contribution in [3.8, 4) is 5.75 Å². The van der Waals surface area contributed by atoms with Gasteiger partial charge in [-0.3, -0.25) is 9.78 Å². The van der Waals surface area contributed by atoms with Crippen LogP contribution in [0.4, 0.5) is 10.7 Å². The molecule has 1 aliphatic carbocycles. The van der Waals surface area contributed by atoms with E-state index in [-0.39, 0.29) is 5.91 Å². The van der Waals surface area contributed by atoms with Gasteiger partial charge in [0.05, 0.1) is 17.9 Å². The predicted octanol–water partition coefficient (Wildman–Crippen LogP) is 5.67. The van der Waals surface area contributed by atoms with Gasteiger partial charge >= 0.3 is 0 Å². The number of thiophene rings is 1. The summed E-state index contributed by atoms with van der Waals surface area (Å²) in [7, 11) is 0. The molecule has 2 heterocycles. The molecule has 2 aromatic heterocycles. The fraction of sp³-hybridized carbons (Fsp3) is 0.292. The number of para-hydroxylation sites is 2. The minimum Gasteiger partial charge on any atom is -0.492 e. The number of hydrogen-bond acceptors (Lipinski definition) is 5. The van der Waals surface area contributed by atoms with E-state index in [9.17, 15) is 4.79 Å². The van der Waals surface area contributed by atoms with Crippen LogP contribution in [-0.2, 0) is 12.8 Å². The van der Waals surface area contributed by atoms with Crippen LogP contribution < -0.4 is 10.1 Å². The number of pyridine rings is 1. The second-order valence-corrected chi connectivity index (χ2v) is 8.54. The fourth-order valence-corrected chi connectivity index (χ4v) is 5.03. The summed E-state index contributed by atoms with van der Waals surface area (Å²) < 4.78 is 5.67. The molecule has 0 saturated heterocycles. The molecule has 0 bridgehead atoms. The van der Waals surface area contributed by atoms with Gasteiger partial charge in [0.15, 0.2) is 0 Å². The Labute approximate surface area is 180 Å². The molecule has 1 N–H and O–H groups in total. The first-order valence-corrected chi connectivity index (χ1v) is 11.1. The Morgan fingerprint density at radius 2 is 2.20 bits per heavy atom. The molecular formula is C24H25N3O2S. The number of nitrogens with one attached hydrogen (secondary N) is 1. The predicted molar refractivity (Wildman–Crippen MR) is 123 cm³/mol. The van der Waals surface area contributed by atoms with Gasteiger partial charge in [0.1, 0.15) is 10.8 Å². The Morgan fingerprint density at radius 3 is 3.00 bits per heavy atom. The van der Waals surface area contributed by atoms with Crippen LogP contribution in [0.1, 0.15) is 46.6 Å². The zero-order valence-electron chi connectivity index (χ0n) is 17.2. The van der Waals surface area contributed by atoms with E-state index in [1.165, 1.54) is 4.88 Å². The zero-order chi connectivity index (χ0) is 20.9. The number of aromatic nitrogens is 1. The van der Waals surface area contributed by atoms with Gasteiger partial charge in [-0.25, -0.2) is 4.99 Å². The van der Waals surface area contributed by atoms with Gasteiger partial charge in [-0.2, -0.15) is 0 Å². The first kappa shape index (κ1) is 20.3. The average Bonchev–Trinajstić information content (AvgIpc) is 3.12. The molecule has 0 radical (unpaired) electrons. The molecule has 1 unspecified atom stereocenters. The largest absolute Gasteiger partial charge is 0.492 e. The fourth-order valence-electron chi connectivity index (χ4n) is 3.68. The molecule has 0 spiro atoms. The van der Waals surface area contributed by atoms with Crippen LogP contribution in [0.5, 0.6) is 5.75 Å². The molecule has 1 aromatic carbocycles. The lowest BCUT2D eigenvalue weighted by Crippen LogP contribution is -2.17. The third kappa shape index (κ3) is 4.44. The van der Waals surface area contributed by atoms with Crippen molar-refractivity contribution in [3.05, 3.63) is 70.4 Å². The lowest BCUT2D eigenvalue weighted by Gasteiger charge is -2.19. The maximum atomic E-state index is 13.4. The molecule has 0 aliphatic heterocycles. The number of hydrogen-bond donors (Lipinski definition) is 1. The van der Waals surface area contributed by atoms with Gasteiger partial charge in [-0.1, -0.05) is 25.1 Å². The molecule has 30 heavy (non-hydrogen) atoms. The molecule has 1 amide bonds. The SMILES string of the molecule is CCOc1ccccc1NC(=O)c1c(N=Cc2cccnc2)sc2c1CCC(C)C2. The highest BCUT2D eigenvalue weighted by Gasteiger charge is 2.27. The van der Waals surface area contributed by atoms with E-state index >= 15 is 0 Å². The van der Waals surface area contributed by atoms with Crippen LogP contribution in [0.15, 0.2) is 53.8 Å². The highest BCUT2D eigenvalue weighted by molar-refractivity contribution is 7.16. The summed E-state index contributed by atoms with van der Waals surface area (Å²) in [5.41, 5.74) is 3.41. The minimum absolute atomic E-state index is 0.132. The van der Waals surface area contributed by atoms with E-state index in [1.807, 2.05) is 43.3 Å². The van der Waals surface area contributed by atoms with Crippen molar-refractivity contribution in [2.24, 2.45) is 10.9 Å². The average molecular weight is 420 g/mol. The summed E-state index contributed by atoms with van der Waals surface area (Å²) in [6.07, 6.45) is 8.27. The summed E-state index contributed by atoms with van der Waals surface area (Å²) in [6, 6.07) is 11.3. The second kappa shape index (κ2) is 9.22. The number of ether oxygens (including phenoxy) is 1. The van der Waals surface area contributed by atoms with Crippen molar-refractivity contribution in [3.63, 3.8) is 0 Å². The van der Waals surface area contributed by atoms with Gasteiger partial charge in [-0.15, -0.1) is 11.3 Å². The third-order valence-corrected chi connectivity index (χ3v) is 6.33. The highest BCUT2D eigenvalue weighted by atomic mass is 32.1. The Kier molecular flexibility index (Phi) is 6.23. The van der Waals surface area contributed by atoms with Crippen molar-refractivity contribution >= 4 is 34.1 Å². The Morgan fingerprint density at radius 1 is 1.33 bits per heavy atom. The number of carbonyl (C=O) groups excluding carboxylic acids is 1. The standard InChI is InChI=1S/C24H25N3O2S/c1-3-29-20-9-5-4-8-19(20)27-23(28)22-18-11-10-16(2)13-21(18)30-24(22)26-15-17-7-6-12-25-14-17/h4-9,12,14-16H,3,10-11,13H2,1-2H3,(H,27,28). The minimum atomic E-state index is -0.132. The number of fused-ring (bicyclic) bond motifs is 1. The molecule has 1 atom stereocenters. The third-order valence-electron chi connectivity index (χ3n) is 5.17. The first-order chi connectivity index (χ1) is 14.7. The van der Waals surface area contributed by atoms with Crippen molar-refractivity contribution in [2.45, 2.75) is 33.1 Å². The molecule has 154 valence electrons. The van der Waals surface area contributed by atoms with E-state index < -0.39 is 0 Å². The van der Waals surface area contributed by atoms with E-state index in [0.717, 1.165) is 35.4 Å². The van der Waals surface area contributed by atoms with E-state index in [2.05, 4.69) is 22.2 Å². The van der Waals surface area contributed by atoms with Crippen LogP contribution in [0.3, 0.4) is 0 Å². The Balaban J connectivity index is 1.69. The van der Waals surface area contributed by atoms with Crippen LogP contribution in [-0.4, -0.2) is 23.7 Å². The summed E-state index contributed by atoms with van der Waals surface area (Å²) in [5.74, 6) is 1.17. The normalized spacial score (nSPS) is 15.7. The number of benzene rings is 1. The lowest BCUT2D eigenvalue weighted by molar-refractivity contribution is 0.102. The van der Waals surface area contributed by atoms with Gasteiger partial charge in [-0.05, 0) is 55.9 Å². The molecule has 4 rings (SSSR count). The maximum absolute atomic E-state index is 13.4. The number of amides is 1. The molecule has 0 fully saturated rings. The van der Waals surface area contributed by atoms with Crippen LogP contribution >= 0.6 is 11.3 Å². The molecule has 3 aromatic rings. The summed E-state index contributed by atoms with van der Waals surface area (Å²) >= 11 is 1.63. The van der Waals surface area contributed by atoms with Gasteiger partial charge in [0.25, 0.3) is 5.91 Å². The Hall–Kier alpha value is -2.99. The van der Waals surface area contributed by atoms with Gasteiger partial charge in [0.2, 0.25) is 0 Å². The molecular weight excluding hydrogens is 394 g/mol. The summed E-state index contributed by atoms with van der Waals surface area (Å²) in [6.45, 7) is 4.73. The topological polar surface area (TPSA) is 63.6 Å². The quantitative estimate of drug-likeness (QED) is 0.524. The summed E-state index contributed by atoms with van der Waals surface area (Å²) in [5, 5.41) is 3.81. The molecule has 5 nitrogen and oxygen atoms in total. The molecule has 0 saturated carbocycles. The first-order valence-electron chi connectivity index (χ1n) is 10.3. The summed E-state index contributed by atoms with van der Waals surface area (Å²) in [4.78, 5) is 23.5. The number of rotatable bonds is 6. The van der Waals surface area contributed by atoms with E-state index in [4.69, 9.17) is 4.74 Å². The number of nitrogens with zero attached hydrogens (tertiary/aromatic N) is 2. The van der Waals surface area contributed by atoms with E-state index in [1.54, 1.807) is 29.9 Å². The van der Waals surface area contributed by atoms with Crippen LogP contribution in [0, 0.1) is 5.92 Å². The molecule has 6 heteroatoms. The number of anilines is 1. The highest BCUT2D eigenvalue weighted by Crippen LogP contribution is 2.41. The van der Waals surface area contributed by atoms with Crippen molar-refractivity contribution < 1.29 is 9.53 Å².